The lowest BCUT2D eigenvalue weighted by atomic mass is 10.1. The lowest BCUT2D eigenvalue weighted by molar-refractivity contribution is -0.384. The highest BCUT2D eigenvalue weighted by molar-refractivity contribution is 9.11. The number of hydrogen-bond donors (Lipinski definition) is 1. The first-order valence-electron chi connectivity index (χ1n) is 5.83. The zero-order valence-electron chi connectivity index (χ0n) is 10.1. The van der Waals surface area contributed by atoms with Gasteiger partial charge in [-0.25, -0.2) is 0 Å². The first-order valence-corrected chi connectivity index (χ1v) is 7.44. The molecule has 2 rings (SSSR count). The Hall–Kier alpha value is -1.24. The predicted molar refractivity (Wildman–Crippen MR) is 80.5 cm³/mol. The van der Waals surface area contributed by atoms with Crippen LogP contribution in [0, 0.1) is 10.1 Å². The van der Waals surface area contributed by atoms with Gasteiger partial charge in [-0.2, -0.15) is 0 Å². The second-order valence-corrected chi connectivity index (χ2v) is 6.60. The second-order valence-electron chi connectivity index (χ2n) is 4.06. The number of nitrogens with zero attached hydrogens (tertiary/aromatic N) is 1. The molecule has 1 aromatic carbocycles. The van der Waals surface area contributed by atoms with E-state index in [1.807, 2.05) is 18.2 Å². The summed E-state index contributed by atoms with van der Waals surface area (Å²) in [5.41, 5.74) is 1.24. The summed E-state index contributed by atoms with van der Waals surface area (Å²) in [7, 11) is 0. The van der Waals surface area contributed by atoms with Crippen LogP contribution in [0.25, 0.3) is 0 Å². The van der Waals surface area contributed by atoms with Crippen LogP contribution in [0.15, 0.2) is 40.2 Å². The number of halogens is 1. The fraction of sp³-hybridized carbons (Fsp3) is 0.231. The Morgan fingerprint density at radius 2 is 1.95 bits per heavy atom. The number of nitro groups is 1. The third-order valence-electron chi connectivity index (χ3n) is 2.67. The third-order valence-corrected chi connectivity index (χ3v) is 4.29. The maximum absolute atomic E-state index is 10.5. The van der Waals surface area contributed by atoms with Crippen LogP contribution in [0.5, 0.6) is 0 Å². The van der Waals surface area contributed by atoms with Crippen molar-refractivity contribution in [2.24, 2.45) is 0 Å². The first kappa shape index (κ1) is 14.2. The molecule has 0 aliphatic rings. The van der Waals surface area contributed by atoms with Gasteiger partial charge in [-0.3, -0.25) is 10.1 Å². The highest BCUT2D eigenvalue weighted by Gasteiger charge is 2.03. The maximum Gasteiger partial charge on any atom is 0.269 e. The molecule has 0 amide bonds. The van der Waals surface area contributed by atoms with Crippen molar-refractivity contribution in [1.29, 1.82) is 0 Å². The van der Waals surface area contributed by atoms with Crippen molar-refractivity contribution in [2.45, 2.75) is 13.0 Å². The number of benzene rings is 1. The SMILES string of the molecule is O=[N+]([O-])c1ccc(CCNCc2ccc(Br)s2)cc1. The Morgan fingerprint density at radius 1 is 1.21 bits per heavy atom. The van der Waals surface area contributed by atoms with Crippen molar-refractivity contribution in [1.82, 2.24) is 5.32 Å². The quantitative estimate of drug-likeness (QED) is 0.495. The topological polar surface area (TPSA) is 55.2 Å². The molecule has 1 N–H and O–H groups in total. The fourth-order valence-electron chi connectivity index (χ4n) is 1.68. The summed E-state index contributed by atoms with van der Waals surface area (Å²) in [5.74, 6) is 0. The zero-order chi connectivity index (χ0) is 13.7. The molecule has 0 saturated heterocycles. The van der Waals surface area contributed by atoms with Crippen molar-refractivity contribution in [3.05, 3.63) is 60.7 Å². The average molecular weight is 341 g/mol. The largest absolute Gasteiger partial charge is 0.312 e. The lowest BCUT2D eigenvalue weighted by Crippen LogP contribution is -2.15. The van der Waals surface area contributed by atoms with Gasteiger partial charge in [0, 0.05) is 23.6 Å². The average Bonchev–Trinajstić information content (AvgIpc) is 2.81. The van der Waals surface area contributed by atoms with E-state index >= 15 is 0 Å². The highest BCUT2D eigenvalue weighted by Crippen LogP contribution is 2.21. The van der Waals surface area contributed by atoms with Gasteiger partial charge in [0.2, 0.25) is 0 Å². The highest BCUT2D eigenvalue weighted by atomic mass is 79.9. The molecule has 1 heterocycles. The van der Waals surface area contributed by atoms with Crippen LogP contribution in [0.4, 0.5) is 5.69 Å². The van der Waals surface area contributed by atoms with Gasteiger partial charge in [0.25, 0.3) is 5.69 Å². The van der Waals surface area contributed by atoms with E-state index in [-0.39, 0.29) is 10.6 Å². The monoisotopic (exact) mass is 340 g/mol. The number of hydrogen-bond acceptors (Lipinski definition) is 4. The van der Waals surface area contributed by atoms with Gasteiger partial charge in [0.05, 0.1) is 8.71 Å². The Kier molecular flexibility index (Phi) is 5.07. The molecule has 0 atom stereocenters. The van der Waals surface area contributed by atoms with Crippen LogP contribution in [0.3, 0.4) is 0 Å². The molecule has 19 heavy (non-hydrogen) atoms. The van der Waals surface area contributed by atoms with Gasteiger partial charge in [0.1, 0.15) is 0 Å². The Bertz CT molecular complexity index is 554. The van der Waals surface area contributed by atoms with Gasteiger partial charge >= 0.3 is 0 Å². The van der Waals surface area contributed by atoms with Gasteiger partial charge in [-0.1, -0.05) is 12.1 Å². The number of thiophene rings is 1. The van der Waals surface area contributed by atoms with Crippen LogP contribution < -0.4 is 5.32 Å². The molecule has 0 aliphatic carbocycles. The standard InChI is InChI=1S/C13H13BrN2O2S/c14-13-6-5-12(19-13)9-15-8-7-10-1-3-11(4-2-10)16(17)18/h1-6,15H,7-9H2. The Labute approximate surface area is 123 Å². The number of nitro benzene ring substituents is 1. The van der Waals surface area contributed by atoms with E-state index < -0.39 is 0 Å². The minimum atomic E-state index is -0.378. The second kappa shape index (κ2) is 6.79. The smallest absolute Gasteiger partial charge is 0.269 e. The predicted octanol–water partition coefficient (Wildman–Crippen LogP) is 3.75. The number of nitrogens with one attached hydrogen (secondary N) is 1. The summed E-state index contributed by atoms with van der Waals surface area (Å²) >= 11 is 5.15. The summed E-state index contributed by atoms with van der Waals surface area (Å²) in [5, 5.41) is 13.9. The number of rotatable bonds is 6. The maximum atomic E-state index is 10.5. The van der Waals surface area contributed by atoms with Gasteiger partial charge in [-0.15, -0.1) is 11.3 Å². The first-order chi connectivity index (χ1) is 9.15. The molecule has 0 saturated carbocycles. The molecule has 0 spiro atoms. The Morgan fingerprint density at radius 3 is 2.53 bits per heavy atom. The fourth-order valence-corrected chi connectivity index (χ4v) is 3.13. The molecule has 2 aromatic rings. The van der Waals surface area contributed by atoms with Gasteiger partial charge in [-0.05, 0) is 46.6 Å². The molecule has 4 nitrogen and oxygen atoms in total. The van der Waals surface area contributed by atoms with E-state index in [2.05, 4.69) is 27.3 Å². The van der Waals surface area contributed by atoms with Crippen molar-refractivity contribution in [2.75, 3.05) is 6.54 Å². The summed E-state index contributed by atoms with van der Waals surface area (Å²) in [6.07, 6.45) is 0.866. The molecule has 0 fully saturated rings. The zero-order valence-corrected chi connectivity index (χ0v) is 12.5. The van der Waals surface area contributed by atoms with Crippen molar-refractivity contribution in [3.63, 3.8) is 0 Å². The minimum Gasteiger partial charge on any atom is -0.312 e. The molecule has 0 radical (unpaired) electrons. The molecule has 0 bridgehead atoms. The van der Waals surface area contributed by atoms with Crippen molar-refractivity contribution in [3.8, 4) is 0 Å². The number of non-ortho nitro benzene ring substituents is 1. The van der Waals surface area contributed by atoms with E-state index in [9.17, 15) is 10.1 Å². The van der Waals surface area contributed by atoms with Crippen LogP contribution in [-0.4, -0.2) is 11.5 Å². The molecular formula is C13H13BrN2O2S. The molecule has 1 aromatic heterocycles. The van der Waals surface area contributed by atoms with E-state index in [1.165, 1.54) is 4.88 Å². The van der Waals surface area contributed by atoms with Crippen LogP contribution >= 0.6 is 27.3 Å². The van der Waals surface area contributed by atoms with Gasteiger partial charge < -0.3 is 5.32 Å². The third kappa shape index (κ3) is 4.41. The van der Waals surface area contributed by atoms with Crippen LogP contribution in [0.1, 0.15) is 10.4 Å². The summed E-state index contributed by atoms with van der Waals surface area (Å²) < 4.78 is 1.14. The van der Waals surface area contributed by atoms with E-state index in [1.54, 1.807) is 23.5 Å². The van der Waals surface area contributed by atoms with Crippen LogP contribution in [-0.2, 0) is 13.0 Å². The lowest BCUT2D eigenvalue weighted by Gasteiger charge is -2.03. The van der Waals surface area contributed by atoms with Crippen molar-refractivity contribution < 1.29 is 4.92 Å². The summed E-state index contributed by atoms with van der Waals surface area (Å²) in [6, 6.07) is 10.8. The molecule has 0 unspecified atom stereocenters. The molecule has 0 aliphatic heterocycles. The molecular weight excluding hydrogens is 328 g/mol. The van der Waals surface area contributed by atoms with Gasteiger partial charge in [0.15, 0.2) is 0 Å². The van der Waals surface area contributed by atoms with E-state index in [0.717, 1.165) is 28.9 Å². The molecule has 6 heteroatoms. The summed E-state index contributed by atoms with van der Waals surface area (Å²) in [4.78, 5) is 11.4. The molecule has 100 valence electrons. The van der Waals surface area contributed by atoms with Crippen molar-refractivity contribution >= 4 is 33.0 Å². The van der Waals surface area contributed by atoms with Crippen LogP contribution in [0.2, 0.25) is 0 Å². The van der Waals surface area contributed by atoms with E-state index in [4.69, 9.17) is 0 Å². The normalized spacial score (nSPS) is 10.6. The summed E-state index contributed by atoms with van der Waals surface area (Å²) in [6.45, 7) is 1.70. The minimum absolute atomic E-state index is 0.139. The van der Waals surface area contributed by atoms with E-state index in [0.29, 0.717) is 0 Å². The Balaban J connectivity index is 1.75.